The van der Waals surface area contributed by atoms with Gasteiger partial charge >= 0.3 is 0 Å². The summed E-state index contributed by atoms with van der Waals surface area (Å²) >= 11 is 1.57. The number of carbonyl (C=O) groups excluding carboxylic acids is 1. The van der Waals surface area contributed by atoms with Gasteiger partial charge in [-0.15, -0.1) is 11.8 Å². The van der Waals surface area contributed by atoms with Gasteiger partial charge in [-0.3, -0.25) is 4.79 Å². The Bertz CT molecular complexity index is 954. The van der Waals surface area contributed by atoms with Gasteiger partial charge in [-0.1, -0.05) is 12.5 Å². The van der Waals surface area contributed by atoms with Gasteiger partial charge in [0.05, 0.1) is 17.6 Å². The molecule has 1 aliphatic heterocycles. The highest BCUT2D eigenvalue weighted by atomic mass is 32.2. The van der Waals surface area contributed by atoms with E-state index in [0.717, 1.165) is 24.2 Å². The molecule has 0 atom stereocenters. The highest BCUT2D eigenvalue weighted by Crippen LogP contribution is 2.27. The number of amides is 1. The number of carbonyl (C=O) groups is 1. The lowest BCUT2D eigenvalue weighted by Crippen LogP contribution is -2.35. The molecule has 0 bridgehead atoms. The molecule has 0 aliphatic carbocycles. The average molecular weight is 421 g/mol. The smallest absolute Gasteiger partial charge is 0.259 e. The number of anilines is 1. The average Bonchev–Trinajstić information content (AvgIpc) is 2.74. The van der Waals surface area contributed by atoms with Gasteiger partial charge in [-0.2, -0.15) is 4.31 Å². The van der Waals surface area contributed by atoms with Crippen molar-refractivity contribution in [1.29, 1.82) is 0 Å². The van der Waals surface area contributed by atoms with Crippen molar-refractivity contribution >= 4 is 33.4 Å². The summed E-state index contributed by atoms with van der Waals surface area (Å²) in [5, 5.41) is 2.83. The first kappa shape index (κ1) is 20.7. The molecule has 1 aliphatic rings. The molecule has 28 heavy (non-hydrogen) atoms. The van der Waals surface area contributed by atoms with Gasteiger partial charge in [0, 0.05) is 23.7 Å². The molecule has 0 unspecified atom stereocenters. The monoisotopic (exact) mass is 420 g/mol. The van der Waals surface area contributed by atoms with E-state index >= 15 is 0 Å². The Hall–Kier alpha value is -2.03. The maximum absolute atomic E-state index is 13.0. The van der Waals surface area contributed by atoms with Crippen LogP contribution in [0.4, 0.5) is 5.69 Å². The van der Waals surface area contributed by atoms with Crippen LogP contribution < -0.4 is 10.1 Å². The van der Waals surface area contributed by atoms with E-state index in [1.807, 2.05) is 24.5 Å². The number of hydrogen-bond donors (Lipinski definition) is 1. The molecule has 1 fully saturated rings. The normalized spacial score (nSPS) is 15.2. The largest absolute Gasteiger partial charge is 0.496 e. The molecule has 8 heteroatoms. The molecule has 0 aromatic heterocycles. The van der Waals surface area contributed by atoms with Crippen LogP contribution in [0.1, 0.15) is 29.6 Å². The maximum atomic E-state index is 13.0. The third-order valence-corrected chi connectivity index (χ3v) is 7.32. The van der Waals surface area contributed by atoms with Crippen LogP contribution in [0.15, 0.2) is 52.3 Å². The lowest BCUT2D eigenvalue weighted by Gasteiger charge is -2.26. The lowest BCUT2D eigenvalue weighted by molar-refractivity contribution is 0.102. The Morgan fingerprint density at radius 3 is 2.54 bits per heavy atom. The van der Waals surface area contributed by atoms with Crippen LogP contribution in [-0.4, -0.2) is 45.1 Å². The van der Waals surface area contributed by atoms with E-state index in [1.165, 1.54) is 29.6 Å². The minimum atomic E-state index is -3.63. The van der Waals surface area contributed by atoms with Crippen molar-refractivity contribution in [2.75, 3.05) is 31.8 Å². The van der Waals surface area contributed by atoms with E-state index < -0.39 is 15.9 Å². The Morgan fingerprint density at radius 2 is 1.86 bits per heavy atom. The summed E-state index contributed by atoms with van der Waals surface area (Å²) in [7, 11) is -2.17. The van der Waals surface area contributed by atoms with Crippen molar-refractivity contribution in [3.63, 3.8) is 0 Å². The number of sulfonamides is 1. The van der Waals surface area contributed by atoms with E-state index in [4.69, 9.17) is 4.74 Å². The van der Waals surface area contributed by atoms with E-state index in [-0.39, 0.29) is 10.5 Å². The molecule has 1 amide bonds. The first-order valence-electron chi connectivity index (χ1n) is 9.09. The third kappa shape index (κ3) is 4.51. The second-order valence-corrected chi connectivity index (χ2v) is 9.33. The van der Waals surface area contributed by atoms with E-state index in [9.17, 15) is 13.2 Å². The van der Waals surface area contributed by atoms with Crippen LogP contribution in [0.2, 0.25) is 0 Å². The zero-order valence-electron chi connectivity index (χ0n) is 16.0. The number of rotatable bonds is 6. The summed E-state index contributed by atoms with van der Waals surface area (Å²) in [5.41, 5.74) is 0.832. The number of hydrogen-bond acceptors (Lipinski definition) is 5. The van der Waals surface area contributed by atoms with Crippen LogP contribution in [-0.2, 0) is 10.0 Å². The lowest BCUT2D eigenvalue weighted by atomic mass is 10.2. The Balaban J connectivity index is 1.91. The second-order valence-electron chi connectivity index (χ2n) is 6.51. The Morgan fingerprint density at radius 1 is 1.11 bits per heavy atom. The van der Waals surface area contributed by atoms with Gasteiger partial charge in [-0.25, -0.2) is 8.42 Å². The van der Waals surface area contributed by atoms with E-state index in [2.05, 4.69) is 5.32 Å². The highest BCUT2D eigenvalue weighted by Gasteiger charge is 2.27. The summed E-state index contributed by atoms with van der Waals surface area (Å²) < 4.78 is 32.7. The zero-order valence-corrected chi connectivity index (χ0v) is 17.6. The van der Waals surface area contributed by atoms with Crippen LogP contribution in [0, 0.1) is 0 Å². The molecule has 3 rings (SSSR count). The minimum absolute atomic E-state index is 0.109. The Labute approximate surface area is 170 Å². The van der Waals surface area contributed by atoms with Crippen molar-refractivity contribution in [2.24, 2.45) is 0 Å². The van der Waals surface area contributed by atoms with Crippen LogP contribution >= 0.6 is 11.8 Å². The topological polar surface area (TPSA) is 75.7 Å². The van der Waals surface area contributed by atoms with Crippen molar-refractivity contribution in [3.8, 4) is 5.75 Å². The SMILES string of the molecule is COc1ccc(S(=O)(=O)N2CCCCC2)cc1C(=O)Nc1cccc(SC)c1. The summed E-state index contributed by atoms with van der Waals surface area (Å²) in [4.78, 5) is 14.0. The van der Waals surface area contributed by atoms with Gasteiger partial charge in [-0.05, 0) is 55.5 Å². The highest BCUT2D eigenvalue weighted by molar-refractivity contribution is 7.98. The van der Waals surface area contributed by atoms with Crippen LogP contribution in [0.25, 0.3) is 0 Å². The first-order valence-corrected chi connectivity index (χ1v) is 11.8. The summed E-state index contributed by atoms with van der Waals surface area (Å²) in [6.45, 7) is 1.02. The maximum Gasteiger partial charge on any atom is 0.259 e. The van der Waals surface area contributed by atoms with Crippen LogP contribution in [0.3, 0.4) is 0 Å². The molecule has 0 saturated carbocycles. The standard InChI is InChI=1S/C20H24N2O4S2/c1-26-19-10-9-17(28(24,25)22-11-4-3-5-12-22)14-18(19)20(23)21-15-7-6-8-16(13-15)27-2/h6-10,13-14H,3-5,11-12H2,1-2H3,(H,21,23). The molecule has 2 aromatic rings. The number of thioether (sulfide) groups is 1. The molecular formula is C20H24N2O4S2. The van der Waals surface area contributed by atoms with Gasteiger partial charge in [0.2, 0.25) is 10.0 Å². The minimum Gasteiger partial charge on any atom is -0.496 e. The van der Waals surface area contributed by atoms with Crippen molar-refractivity contribution < 1.29 is 17.9 Å². The van der Waals surface area contributed by atoms with Gasteiger partial charge < -0.3 is 10.1 Å². The predicted molar refractivity (Wildman–Crippen MR) is 112 cm³/mol. The molecular weight excluding hydrogens is 396 g/mol. The quantitative estimate of drug-likeness (QED) is 0.719. The van der Waals surface area contributed by atoms with Crippen molar-refractivity contribution in [3.05, 3.63) is 48.0 Å². The molecule has 2 aromatic carbocycles. The third-order valence-electron chi connectivity index (χ3n) is 4.70. The van der Waals surface area contributed by atoms with Gasteiger partial charge in [0.15, 0.2) is 0 Å². The first-order chi connectivity index (χ1) is 13.5. The fourth-order valence-electron chi connectivity index (χ4n) is 3.18. The van der Waals surface area contributed by atoms with E-state index in [1.54, 1.807) is 17.8 Å². The number of methoxy groups -OCH3 is 1. The summed E-state index contributed by atoms with van der Waals surface area (Å²) in [5.74, 6) is -0.0816. The van der Waals surface area contributed by atoms with Gasteiger partial charge in [0.1, 0.15) is 5.75 Å². The van der Waals surface area contributed by atoms with Gasteiger partial charge in [0.25, 0.3) is 5.91 Å². The molecule has 1 heterocycles. The molecule has 1 N–H and O–H groups in total. The molecule has 0 spiro atoms. The number of nitrogens with zero attached hydrogens (tertiary/aromatic N) is 1. The van der Waals surface area contributed by atoms with E-state index in [0.29, 0.717) is 24.5 Å². The number of ether oxygens (including phenoxy) is 1. The molecule has 0 radical (unpaired) electrons. The van der Waals surface area contributed by atoms with Crippen molar-refractivity contribution in [1.82, 2.24) is 4.31 Å². The van der Waals surface area contributed by atoms with Crippen LogP contribution in [0.5, 0.6) is 5.75 Å². The number of benzene rings is 2. The zero-order chi connectivity index (χ0) is 20.1. The Kier molecular flexibility index (Phi) is 6.64. The van der Waals surface area contributed by atoms with Crippen molar-refractivity contribution in [2.45, 2.75) is 29.1 Å². The predicted octanol–water partition coefficient (Wildman–Crippen LogP) is 3.84. The molecule has 6 nitrogen and oxygen atoms in total. The fourth-order valence-corrected chi connectivity index (χ4v) is 5.18. The number of nitrogens with one attached hydrogen (secondary N) is 1. The second kappa shape index (κ2) is 8.98. The molecule has 1 saturated heterocycles. The number of piperidine rings is 1. The fraction of sp³-hybridized carbons (Fsp3) is 0.350. The molecule has 150 valence electrons. The summed E-state index contributed by atoms with van der Waals surface area (Å²) in [6.07, 6.45) is 4.71. The summed E-state index contributed by atoms with van der Waals surface area (Å²) in [6, 6.07) is 11.9.